The standard InChI is InChI=1S/C26H27ClN6O/c1-31-22(14-13-19-10-5-6-12-21(19)27)29-24-23(25(31)34)33(16-18-8-3-2-4-9-18)26(30-24)32-15-7-11-20(28)17-32/h2-6,8-10,12-14,20H,7,11,15-17,28H2,1H3/b14-13+. The van der Waals surface area contributed by atoms with Gasteiger partial charge in [-0.15, -0.1) is 0 Å². The number of benzene rings is 2. The molecule has 0 bridgehead atoms. The van der Waals surface area contributed by atoms with E-state index in [2.05, 4.69) is 17.0 Å². The Morgan fingerprint density at radius 2 is 1.85 bits per heavy atom. The van der Waals surface area contributed by atoms with Crippen molar-refractivity contribution in [2.24, 2.45) is 12.8 Å². The maximum atomic E-state index is 13.6. The van der Waals surface area contributed by atoms with Crippen molar-refractivity contribution in [2.45, 2.75) is 25.4 Å². The first kappa shape index (κ1) is 22.4. The van der Waals surface area contributed by atoms with Crippen molar-refractivity contribution in [3.05, 3.63) is 86.9 Å². The molecule has 1 unspecified atom stereocenters. The summed E-state index contributed by atoms with van der Waals surface area (Å²) in [5, 5.41) is 0.640. The summed E-state index contributed by atoms with van der Waals surface area (Å²) in [6.07, 6.45) is 5.65. The van der Waals surface area contributed by atoms with Gasteiger partial charge in [0.25, 0.3) is 5.56 Å². The summed E-state index contributed by atoms with van der Waals surface area (Å²) in [6, 6.07) is 17.7. The summed E-state index contributed by atoms with van der Waals surface area (Å²) < 4.78 is 3.55. The average molecular weight is 475 g/mol. The van der Waals surface area contributed by atoms with Crippen molar-refractivity contribution in [3.63, 3.8) is 0 Å². The summed E-state index contributed by atoms with van der Waals surface area (Å²) in [5.41, 5.74) is 9.01. The highest BCUT2D eigenvalue weighted by Gasteiger charge is 2.25. The molecule has 4 aromatic rings. The second kappa shape index (κ2) is 9.44. The molecule has 1 aliphatic rings. The van der Waals surface area contributed by atoms with Crippen molar-refractivity contribution >= 4 is 40.9 Å². The van der Waals surface area contributed by atoms with Gasteiger partial charge in [0.2, 0.25) is 5.95 Å². The lowest BCUT2D eigenvalue weighted by Crippen LogP contribution is -2.44. The molecule has 1 atom stereocenters. The van der Waals surface area contributed by atoms with Crippen molar-refractivity contribution in [1.82, 2.24) is 19.1 Å². The van der Waals surface area contributed by atoms with Gasteiger partial charge >= 0.3 is 0 Å². The molecule has 2 aromatic carbocycles. The van der Waals surface area contributed by atoms with Crippen molar-refractivity contribution < 1.29 is 0 Å². The Morgan fingerprint density at radius 3 is 2.62 bits per heavy atom. The summed E-state index contributed by atoms with van der Waals surface area (Å²) in [4.78, 5) is 25.3. The molecule has 0 aliphatic carbocycles. The maximum Gasteiger partial charge on any atom is 0.279 e. The van der Waals surface area contributed by atoms with Gasteiger partial charge in [-0.05, 0) is 42.2 Å². The van der Waals surface area contributed by atoms with Crippen LogP contribution in [0.15, 0.2) is 59.4 Å². The first-order valence-electron chi connectivity index (χ1n) is 11.5. The van der Waals surface area contributed by atoms with E-state index in [1.807, 2.05) is 53.1 Å². The van der Waals surface area contributed by atoms with Crippen LogP contribution < -0.4 is 16.2 Å². The quantitative estimate of drug-likeness (QED) is 0.474. The normalized spacial score (nSPS) is 16.6. The van der Waals surface area contributed by atoms with Crippen LogP contribution in [-0.4, -0.2) is 38.2 Å². The first-order chi connectivity index (χ1) is 16.5. The van der Waals surface area contributed by atoms with E-state index in [0.29, 0.717) is 35.1 Å². The molecule has 2 aromatic heterocycles. The van der Waals surface area contributed by atoms with E-state index in [9.17, 15) is 4.79 Å². The molecular formula is C26H27ClN6O. The van der Waals surface area contributed by atoms with E-state index in [-0.39, 0.29) is 11.6 Å². The zero-order valence-corrected chi connectivity index (χ0v) is 19.8. The highest BCUT2D eigenvalue weighted by Crippen LogP contribution is 2.25. The second-order valence-corrected chi connectivity index (χ2v) is 9.10. The number of hydrogen-bond acceptors (Lipinski definition) is 5. The van der Waals surface area contributed by atoms with Crippen molar-refractivity contribution in [1.29, 1.82) is 0 Å². The van der Waals surface area contributed by atoms with E-state index in [0.717, 1.165) is 36.5 Å². The number of nitrogens with two attached hydrogens (primary N) is 1. The molecule has 0 spiro atoms. The molecule has 3 heterocycles. The number of rotatable bonds is 5. The lowest BCUT2D eigenvalue weighted by Gasteiger charge is -2.31. The molecule has 34 heavy (non-hydrogen) atoms. The van der Waals surface area contributed by atoms with Crippen LogP contribution in [0.25, 0.3) is 23.3 Å². The third-order valence-corrected chi connectivity index (χ3v) is 6.59. The van der Waals surface area contributed by atoms with Gasteiger partial charge in [-0.1, -0.05) is 60.1 Å². The molecule has 0 saturated carbocycles. The Labute approximate surface area is 203 Å². The van der Waals surface area contributed by atoms with Crippen LogP contribution in [0.5, 0.6) is 0 Å². The molecule has 1 saturated heterocycles. The topological polar surface area (TPSA) is 82.0 Å². The van der Waals surface area contributed by atoms with E-state index in [1.165, 1.54) is 0 Å². The summed E-state index contributed by atoms with van der Waals surface area (Å²) in [5.74, 6) is 1.26. The third kappa shape index (κ3) is 4.36. The average Bonchev–Trinajstić information content (AvgIpc) is 3.20. The lowest BCUT2D eigenvalue weighted by molar-refractivity contribution is 0.495. The third-order valence-electron chi connectivity index (χ3n) is 6.24. The van der Waals surface area contributed by atoms with Crippen LogP contribution >= 0.6 is 11.6 Å². The van der Waals surface area contributed by atoms with Gasteiger partial charge in [0.15, 0.2) is 11.2 Å². The smallest absolute Gasteiger partial charge is 0.279 e. The Kier molecular flexibility index (Phi) is 6.22. The van der Waals surface area contributed by atoms with Crippen molar-refractivity contribution in [2.75, 3.05) is 18.0 Å². The molecule has 2 N–H and O–H groups in total. The number of nitrogens with zero attached hydrogens (tertiary/aromatic N) is 5. The fourth-order valence-corrected chi connectivity index (χ4v) is 4.64. The fourth-order valence-electron chi connectivity index (χ4n) is 4.44. The van der Waals surface area contributed by atoms with Gasteiger partial charge in [-0.2, -0.15) is 4.98 Å². The minimum atomic E-state index is -0.139. The molecule has 1 fully saturated rings. The minimum absolute atomic E-state index is 0.0867. The Balaban J connectivity index is 1.63. The molecule has 5 rings (SSSR count). The fraction of sp³-hybridized carbons (Fsp3) is 0.269. The van der Waals surface area contributed by atoms with E-state index >= 15 is 0 Å². The number of fused-ring (bicyclic) bond motifs is 1. The molecule has 174 valence electrons. The number of anilines is 1. The van der Waals surface area contributed by atoms with Gasteiger partial charge < -0.3 is 10.6 Å². The van der Waals surface area contributed by atoms with Crippen LogP contribution in [0.1, 0.15) is 29.8 Å². The van der Waals surface area contributed by atoms with Crippen LogP contribution in [-0.2, 0) is 13.6 Å². The molecular weight excluding hydrogens is 448 g/mol. The molecule has 1 aliphatic heterocycles. The lowest BCUT2D eigenvalue weighted by atomic mass is 10.1. The molecule has 8 heteroatoms. The predicted octanol–water partition coefficient (Wildman–Crippen LogP) is 3.93. The number of halogens is 1. The van der Waals surface area contributed by atoms with Gasteiger partial charge in [0, 0.05) is 31.2 Å². The summed E-state index contributed by atoms with van der Waals surface area (Å²) in [6.45, 7) is 2.09. The number of hydrogen-bond donors (Lipinski definition) is 1. The molecule has 7 nitrogen and oxygen atoms in total. The van der Waals surface area contributed by atoms with Gasteiger partial charge in [0.1, 0.15) is 5.82 Å². The minimum Gasteiger partial charge on any atom is -0.341 e. The highest BCUT2D eigenvalue weighted by atomic mass is 35.5. The Hall–Kier alpha value is -3.42. The van der Waals surface area contributed by atoms with Crippen LogP contribution in [0, 0.1) is 0 Å². The van der Waals surface area contributed by atoms with Crippen LogP contribution in [0.2, 0.25) is 5.02 Å². The zero-order chi connectivity index (χ0) is 23.7. The van der Waals surface area contributed by atoms with Crippen molar-refractivity contribution in [3.8, 4) is 0 Å². The van der Waals surface area contributed by atoms with Gasteiger partial charge in [-0.3, -0.25) is 13.9 Å². The highest BCUT2D eigenvalue weighted by molar-refractivity contribution is 6.32. The monoisotopic (exact) mass is 474 g/mol. The van der Waals surface area contributed by atoms with Crippen LogP contribution in [0.3, 0.4) is 0 Å². The second-order valence-electron chi connectivity index (χ2n) is 8.69. The number of imidazole rings is 1. The first-order valence-corrected chi connectivity index (χ1v) is 11.8. The zero-order valence-electron chi connectivity index (χ0n) is 19.1. The predicted molar refractivity (Wildman–Crippen MR) is 138 cm³/mol. The molecule has 0 radical (unpaired) electrons. The summed E-state index contributed by atoms with van der Waals surface area (Å²) >= 11 is 6.28. The van der Waals surface area contributed by atoms with Crippen LogP contribution in [0.4, 0.5) is 5.95 Å². The number of aromatic nitrogens is 4. The van der Waals surface area contributed by atoms with E-state index in [4.69, 9.17) is 27.3 Å². The SMILES string of the molecule is Cn1c(/C=C/c2ccccc2Cl)nc2nc(N3CCCC(N)C3)n(Cc3ccccc3)c2c1=O. The van der Waals surface area contributed by atoms with E-state index in [1.54, 1.807) is 17.7 Å². The number of piperidine rings is 1. The Bertz CT molecular complexity index is 1410. The van der Waals surface area contributed by atoms with Gasteiger partial charge in [0.05, 0.1) is 6.54 Å². The van der Waals surface area contributed by atoms with Gasteiger partial charge in [-0.25, -0.2) is 4.98 Å². The Morgan fingerprint density at radius 1 is 1.09 bits per heavy atom. The molecule has 0 amide bonds. The largest absolute Gasteiger partial charge is 0.341 e. The van der Waals surface area contributed by atoms with E-state index < -0.39 is 0 Å². The maximum absolute atomic E-state index is 13.6. The summed E-state index contributed by atoms with van der Waals surface area (Å²) in [7, 11) is 1.73.